The summed E-state index contributed by atoms with van der Waals surface area (Å²) in [7, 11) is 0. The van der Waals surface area contributed by atoms with Crippen molar-refractivity contribution in [3.8, 4) is 0 Å². The SMILES string of the molecule is CC1=NN(c2nc3ccccc3nc2Cc2ccccc2)C(=O)C1. The number of carbonyl (C=O) groups excluding carboxylic acids is 1. The number of para-hydroxylation sites is 2. The molecule has 118 valence electrons. The molecule has 0 saturated heterocycles. The normalized spacial score (nSPS) is 14.3. The van der Waals surface area contributed by atoms with Crippen LogP contribution >= 0.6 is 0 Å². The molecule has 24 heavy (non-hydrogen) atoms. The van der Waals surface area contributed by atoms with Gasteiger partial charge in [-0.25, -0.2) is 9.97 Å². The van der Waals surface area contributed by atoms with Crippen molar-refractivity contribution in [2.45, 2.75) is 19.8 Å². The Morgan fingerprint density at radius 3 is 2.29 bits per heavy atom. The number of hydrogen-bond donors (Lipinski definition) is 0. The number of rotatable bonds is 3. The molecule has 0 radical (unpaired) electrons. The van der Waals surface area contributed by atoms with Gasteiger partial charge >= 0.3 is 0 Å². The van der Waals surface area contributed by atoms with Crippen LogP contribution in [0.3, 0.4) is 0 Å². The maximum atomic E-state index is 12.3. The van der Waals surface area contributed by atoms with E-state index in [0.717, 1.165) is 28.0 Å². The molecule has 1 amide bonds. The van der Waals surface area contributed by atoms with Crippen LogP contribution in [0.4, 0.5) is 5.82 Å². The molecule has 0 fully saturated rings. The number of hydrogen-bond acceptors (Lipinski definition) is 4. The van der Waals surface area contributed by atoms with Gasteiger partial charge in [-0.2, -0.15) is 10.1 Å². The number of fused-ring (bicyclic) bond motifs is 1. The van der Waals surface area contributed by atoms with Crippen LogP contribution in [0.2, 0.25) is 0 Å². The van der Waals surface area contributed by atoms with E-state index >= 15 is 0 Å². The van der Waals surface area contributed by atoms with Crippen molar-refractivity contribution in [2.75, 3.05) is 5.01 Å². The molecule has 0 unspecified atom stereocenters. The molecule has 0 atom stereocenters. The fraction of sp³-hybridized carbons (Fsp3) is 0.158. The van der Waals surface area contributed by atoms with Crippen LogP contribution in [0.15, 0.2) is 59.7 Å². The molecular formula is C19H16N4O. The second-order valence-electron chi connectivity index (χ2n) is 5.86. The van der Waals surface area contributed by atoms with Crippen molar-refractivity contribution in [2.24, 2.45) is 5.10 Å². The van der Waals surface area contributed by atoms with Crippen LogP contribution in [-0.2, 0) is 11.2 Å². The summed E-state index contributed by atoms with van der Waals surface area (Å²) in [5.41, 5.74) is 4.25. The first-order valence-corrected chi connectivity index (χ1v) is 7.87. The zero-order chi connectivity index (χ0) is 16.5. The Balaban J connectivity index is 1.86. The van der Waals surface area contributed by atoms with E-state index in [0.29, 0.717) is 18.7 Å². The van der Waals surface area contributed by atoms with Gasteiger partial charge in [-0.05, 0) is 24.6 Å². The summed E-state index contributed by atoms with van der Waals surface area (Å²) in [4.78, 5) is 21.7. The molecule has 0 N–H and O–H groups in total. The Kier molecular flexibility index (Phi) is 3.54. The number of anilines is 1. The predicted molar refractivity (Wildman–Crippen MR) is 94.0 cm³/mol. The summed E-state index contributed by atoms with van der Waals surface area (Å²) in [5.74, 6) is 0.464. The molecule has 1 aliphatic heterocycles. The number of amides is 1. The Hall–Kier alpha value is -3.08. The topological polar surface area (TPSA) is 58.5 Å². The first-order valence-electron chi connectivity index (χ1n) is 7.87. The van der Waals surface area contributed by atoms with Gasteiger partial charge in [-0.3, -0.25) is 4.79 Å². The highest BCUT2D eigenvalue weighted by atomic mass is 16.2. The van der Waals surface area contributed by atoms with Crippen LogP contribution in [0.1, 0.15) is 24.6 Å². The average Bonchev–Trinajstić information content (AvgIpc) is 2.93. The second-order valence-corrected chi connectivity index (χ2v) is 5.86. The van der Waals surface area contributed by atoms with Crippen molar-refractivity contribution < 1.29 is 4.79 Å². The molecule has 0 bridgehead atoms. The molecule has 1 aromatic heterocycles. The highest BCUT2D eigenvalue weighted by molar-refractivity contribution is 6.12. The summed E-state index contributed by atoms with van der Waals surface area (Å²) in [6.07, 6.45) is 0.936. The number of benzene rings is 2. The lowest BCUT2D eigenvalue weighted by Gasteiger charge is -2.15. The van der Waals surface area contributed by atoms with Crippen LogP contribution in [-0.4, -0.2) is 21.6 Å². The molecule has 0 saturated carbocycles. The highest BCUT2D eigenvalue weighted by Crippen LogP contribution is 2.26. The van der Waals surface area contributed by atoms with Crippen LogP contribution in [0.25, 0.3) is 11.0 Å². The predicted octanol–water partition coefficient (Wildman–Crippen LogP) is 3.33. The lowest BCUT2D eigenvalue weighted by Crippen LogP contribution is -2.23. The van der Waals surface area contributed by atoms with Crippen molar-refractivity contribution in [1.29, 1.82) is 0 Å². The Labute approximate surface area is 139 Å². The maximum Gasteiger partial charge on any atom is 0.254 e. The van der Waals surface area contributed by atoms with E-state index in [1.54, 1.807) is 0 Å². The van der Waals surface area contributed by atoms with E-state index in [9.17, 15) is 4.79 Å². The molecule has 2 aromatic carbocycles. The van der Waals surface area contributed by atoms with Gasteiger partial charge < -0.3 is 0 Å². The third kappa shape index (κ3) is 2.65. The first kappa shape index (κ1) is 14.5. The Bertz CT molecular complexity index is 950. The van der Waals surface area contributed by atoms with E-state index in [1.807, 2.05) is 61.5 Å². The smallest absolute Gasteiger partial charge is 0.254 e. The van der Waals surface area contributed by atoms with Crippen molar-refractivity contribution in [1.82, 2.24) is 9.97 Å². The lowest BCUT2D eigenvalue weighted by molar-refractivity contribution is -0.116. The Morgan fingerprint density at radius 2 is 1.62 bits per heavy atom. The molecular weight excluding hydrogens is 300 g/mol. The van der Waals surface area contributed by atoms with Crippen LogP contribution < -0.4 is 5.01 Å². The fourth-order valence-electron chi connectivity index (χ4n) is 2.83. The summed E-state index contributed by atoms with van der Waals surface area (Å²) in [6, 6.07) is 17.7. The largest absolute Gasteiger partial charge is 0.272 e. The van der Waals surface area contributed by atoms with Gasteiger partial charge in [0.1, 0.15) is 0 Å². The summed E-state index contributed by atoms with van der Waals surface area (Å²) in [6.45, 7) is 1.85. The number of aromatic nitrogens is 2. The number of hydrazone groups is 1. The minimum absolute atomic E-state index is 0.0635. The summed E-state index contributed by atoms with van der Waals surface area (Å²) in [5, 5.41) is 5.74. The second kappa shape index (κ2) is 5.85. The fourth-order valence-corrected chi connectivity index (χ4v) is 2.83. The molecule has 5 heteroatoms. The first-order chi connectivity index (χ1) is 11.7. The summed E-state index contributed by atoms with van der Waals surface area (Å²) >= 11 is 0. The minimum atomic E-state index is -0.0635. The van der Waals surface area contributed by atoms with E-state index in [1.165, 1.54) is 5.01 Å². The van der Waals surface area contributed by atoms with Gasteiger partial charge in [0.05, 0.1) is 23.1 Å². The monoisotopic (exact) mass is 316 g/mol. The van der Waals surface area contributed by atoms with Crippen molar-refractivity contribution >= 4 is 28.5 Å². The lowest BCUT2D eigenvalue weighted by atomic mass is 10.1. The van der Waals surface area contributed by atoms with Crippen LogP contribution in [0, 0.1) is 0 Å². The van der Waals surface area contributed by atoms with Gasteiger partial charge in [0.25, 0.3) is 5.91 Å². The minimum Gasteiger partial charge on any atom is -0.272 e. The van der Waals surface area contributed by atoms with Gasteiger partial charge in [0, 0.05) is 12.1 Å². The van der Waals surface area contributed by atoms with Crippen molar-refractivity contribution in [3.05, 3.63) is 65.9 Å². The third-order valence-electron chi connectivity index (χ3n) is 3.95. The maximum absolute atomic E-state index is 12.3. The van der Waals surface area contributed by atoms with Crippen molar-refractivity contribution in [3.63, 3.8) is 0 Å². The average molecular weight is 316 g/mol. The van der Waals surface area contributed by atoms with E-state index in [-0.39, 0.29) is 5.91 Å². The molecule has 4 rings (SSSR count). The van der Waals surface area contributed by atoms with E-state index in [2.05, 4.69) is 10.1 Å². The Morgan fingerprint density at radius 1 is 0.958 bits per heavy atom. The molecule has 1 aliphatic rings. The molecule has 3 aromatic rings. The zero-order valence-corrected chi connectivity index (χ0v) is 13.3. The van der Waals surface area contributed by atoms with E-state index in [4.69, 9.17) is 4.98 Å². The highest BCUT2D eigenvalue weighted by Gasteiger charge is 2.27. The van der Waals surface area contributed by atoms with E-state index < -0.39 is 0 Å². The van der Waals surface area contributed by atoms with Crippen LogP contribution in [0.5, 0.6) is 0 Å². The zero-order valence-electron chi connectivity index (χ0n) is 13.3. The standard InChI is InChI=1S/C19H16N4O/c1-13-11-18(24)23(22-13)19-17(12-14-7-3-2-4-8-14)20-15-9-5-6-10-16(15)21-19/h2-10H,11-12H2,1H3. The molecule has 0 aliphatic carbocycles. The molecule has 0 spiro atoms. The molecule has 5 nitrogen and oxygen atoms in total. The summed E-state index contributed by atoms with van der Waals surface area (Å²) < 4.78 is 0. The third-order valence-corrected chi connectivity index (χ3v) is 3.95. The molecule has 2 heterocycles. The quantitative estimate of drug-likeness (QED) is 0.744. The number of carbonyl (C=O) groups is 1. The van der Waals surface area contributed by atoms with Gasteiger partial charge in [-0.1, -0.05) is 42.5 Å². The van der Waals surface area contributed by atoms with Gasteiger partial charge in [0.15, 0.2) is 5.82 Å². The van der Waals surface area contributed by atoms with Gasteiger partial charge in [0.2, 0.25) is 0 Å². The van der Waals surface area contributed by atoms with Gasteiger partial charge in [-0.15, -0.1) is 0 Å². The number of nitrogens with zero attached hydrogens (tertiary/aromatic N) is 4.